The molecule has 0 atom stereocenters. The van der Waals surface area contributed by atoms with Gasteiger partial charge in [-0.3, -0.25) is 4.98 Å². The predicted molar refractivity (Wildman–Crippen MR) is 105 cm³/mol. The van der Waals surface area contributed by atoms with Crippen LogP contribution in [0.4, 0.5) is 13.2 Å². The van der Waals surface area contributed by atoms with Crippen molar-refractivity contribution in [3.05, 3.63) is 69.3 Å². The summed E-state index contributed by atoms with van der Waals surface area (Å²) in [6.45, 7) is 0. The zero-order valence-electron chi connectivity index (χ0n) is 13.8. The van der Waals surface area contributed by atoms with Crippen molar-refractivity contribution in [2.45, 2.75) is 6.18 Å². The fraction of sp³-hybridized carbons (Fsp3) is 0.0526. The number of hydrogen-bond acceptors (Lipinski definition) is 2. The Balaban J connectivity index is 1.75. The molecule has 0 saturated carbocycles. The second-order valence-corrected chi connectivity index (χ2v) is 7.24. The summed E-state index contributed by atoms with van der Waals surface area (Å²) in [5, 5.41) is 1.12. The Hall–Kier alpha value is -2.28. The normalized spacial score (nSPS) is 11.9. The number of nitrogens with zero attached hydrogens (tertiary/aromatic N) is 2. The van der Waals surface area contributed by atoms with Crippen molar-refractivity contribution in [2.24, 2.45) is 0 Å². The molecule has 0 amide bonds. The third-order valence-corrected chi connectivity index (χ3v) is 4.92. The molecule has 0 aliphatic heterocycles. The zero-order valence-corrected chi connectivity index (χ0v) is 16.0. The second kappa shape index (κ2) is 6.95. The number of benzene rings is 2. The number of hydrogen-bond donors (Lipinski definition) is 1. The lowest BCUT2D eigenvalue weighted by Gasteiger charge is -2.07. The summed E-state index contributed by atoms with van der Waals surface area (Å²) >= 11 is 18.4. The molecule has 0 bridgehead atoms. The topological polar surface area (TPSA) is 41.6 Å². The molecule has 4 rings (SSSR count). The maximum atomic E-state index is 12.9. The minimum atomic E-state index is -4.42. The standard InChI is InChI=1S/C19H9Cl3F3N3/c20-11-7-14(22)17(26-8-11)12-3-1-9(5-13(12)21)18-27-15-4-2-10(19(23,24)25)6-16(15)28-18/h1-8H,(H,27,28). The first-order valence-electron chi connectivity index (χ1n) is 7.91. The average molecular weight is 443 g/mol. The average Bonchev–Trinajstić information content (AvgIpc) is 3.05. The summed E-state index contributed by atoms with van der Waals surface area (Å²) < 4.78 is 38.7. The highest BCUT2D eigenvalue weighted by Gasteiger charge is 2.30. The third kappa shape index (κ3) is 3.55. The van der Waals surface area contributed by atoms with Crippen LogP contribution >= 0.6 is 34.8 Å². The molecular weight excluding hydrogens is 434 g/mol. The smallest absolute Gasteiger partial charge is 0.338 e. The van der Waals surface area contributed by atoms with E-state index in [0.29, 0.717) is 43.2 Å². The van der Waals surface area contributed by atoms with E-state index in [4.69, 9.17) is 34.8 Å². The molecule has 4 aromatic rings. The predicted octanol–water partition coefficient (Wildman–Crippen LogP) is 7.27. The molecule has 0 aliphatic carbocycles. The number of rotatable bonds is 2. The Morgan fingerprint density at radius 2 is 1.68 bits per heavy atom. The number of aromatic amines is 1. The van der Waals surface area contributed by atoms with E-state index in [1.165, 1.54) is 12.3 Å². The molecule has 1 N–H and O–H groups in total. The summed E-state index contributed by atoms with van der Waals surface area (Å²) in [6.07, 6.45) is -2.96. The SMILES string of the molecule is FC(F)(F)c1ccc2nc(-c3ccc(-c4ncc(Cl)cc4Cl)c(Cl)c3)[nH]c2c1. The van der Waals surface area contributed by atoms with E-state index >= 15 is 0 Å². The van der Waals surface area contributed by atoms with Crippen molar-refractivity contribution in [3.8, 4) is 22.6 Å². The van der Waals surface area contributed by atoms with Crippen molar-refractivity contribution >= 4 is 45.8 Å². The van der Waals surface area contributed by atoms with Gasteiger partial charge in [-0.2, -0.15) is 13.2 Å². The van der Waals surface area contributed by atoms with Gasteiger partial charge in [-0.1, -0.05) is 46.9 Å². The third-order valence-electron chi connectivity index (χ3n) is 4.11. The largest absolute Gasteiger partial charge is 0.416 e. The van der Waals surface area contributed by atoms with Crippen molar-refractivity contribution < 1.29 is 13.2 Å². The number of fused-ring (bicyclic) bond motifs is 1. The van der Waals surface area contributed by atoms with Gasteiger partial charge < -0.3 is 4.98 Å². The molecule has 28 heavy (non-hydrogen) atoms. The van der Waals surface area contributed by atoms with Crippen LogP contribution in [0.3, 0.4) is 0 Å². The first kappa shape index (κ1) is 19.1. The number of aromatic nitrogens is 3. The lowest BCUT2D eigenvalue weighted by molar-refractivity contribution is -0.137. The zero-order chi connectivity index (χ0) is 20.1. The summed E-state index contributed by atoms with van der Waals surface area (Å²) in [5.74, 6) is 0.401. The van der Waals surface area contributed by atoms with Gasteiger partial charge >= 0.3 is 6.18 Å². The van der Waals surface area contributed by atoms with E-state index in [9.17, 15) is 13.2 Å². The Kier molecular flexibility index (Phi) is 4.73. The van der Waals surface area contributed by atoms with Crippen LogP contribution in [-0.2, 0) is 6.18 Å². The molecule has 9 heteroatoms. The molecule has 0 fully saturated rings. The van der Waals surface area contributed by atoms with Gasteiger partial charge in [0.1, 0.15) is 5.82 Å². The molecule has 2 aromatic heterocycles. The van der Waals surface area contributed by atoms with Crippen LogP contribution in [0.1, 0.15) is 5.56 Å². The van der Waals surface area contributed by atoms with E-state index in [1.54, 1.807) is 24.3 Å². The van der Waals surface area contributed by atoms with Gasteiger partial charge in [-0.25, -0.2) is 4.98 Å². The van der Waals surface area contributed by atoms with E-state index < -0.39 is 11.7 Å². The van der Waals surface area contributed by atoms with Crippen molar-refractivity contribution in [1.82, 2.24) is 15.0 Å². The number of alkyl halides is 3. The van der Waals surface area contributed by atoms with E-state index in [1.807, 2.05) is 0 Å². The van der Waals surface area contributed by atoms with Gasteiger partial charge in [0.2, 0.25) is 0 Å². The van der Waals surface area contributed by atoms with Gasteiger partial charge in [-0.15, -0.1) is 0 Å². The van der Waals surface area contributed by atoms with E-state index in [0.717, 1.165) is 12.1 Å². The van der Waals surface area contributed by atoms with Gasteiger partial charge in [-0.05, 0) is 30.3 Å². The Morgan fingerprint density at radius 3 is 2.36 bits per heavy atom. The van der Waals surface area contributed by atoms with Gasteiger partial charge in [0.05, 0.1) is 37.4 Å². The van der Waals surface area contributed by atoms with Crippen molar-refractivity contribution in [1.29, 1.82) is 0 Å². The first-order valence-corrected chi connectivity index (χ1v) is 9.04. The van der Waals surface area contributed by atoms with Gasteiger partial charge in [0.25, 0.3) is 0 Å². The van der Waals surface area contributed by atoms with Crippen molar-refractivity contribution in [2.75, 3.05) is 0 Å². The Morgan fingerprint density at radius 1 is 0.893 bits per heavy atom. The molecule has 0 unspecified atom stereocenters. The number of H-pyrrole nitrogens is 1. The maximum Gasteiger partial charge on any atom is 0.416 e. The number of pyridine rings is 1. The quantitative estimate of drug-likeness (QED) is 0.355. The summed E-state index contributed by atoms with van der Waals surface area (Å²) in [6, 6.07) is 10.0. The molecule has 0 spiro atoms. The Bertz CT molecular complexity index is 1200. The van der Waals surface area contributed by atoms with Crippen molar-refractivity contribution in [3.63, 3.8) is 0 Å². The highest BCUT2D eigenvalue weighted by molar-refractivity contribution is 6.37. The maximum absolute atomic E-state index is 12.9. The second-order valence-electron chi connectivity index (χ2n) is 5.99. The van der Waals surface area contributed by atoms with E-state index in [2.05, 4.69) is 15.0 Å². The monoisotopic (exact) mass is 441 g/mol. The van der Waals surface area contributed by atoms with Crippen LogP contribution in [0.2, 0.25) is 15.1 Å². The molecule has 0 aliphatic rings. The molecule has 3 nitrogen and oxygen atoms in total. The molecule has 142 valence electrons. The molecule has 0 saturated heterocycles. The van der Waals surface area contributed by atoms with Crippen LogP contribution in [0.15, 0.2) is 48.7 Å². The Labute approximate surface area is 172 Å². The highest BCUT2D eigenvalue weighted by atomic mass is 35.5. The van der Waals surface area contributed by atoms with Crippen LogP contribution in [0.25, 0.3) is 33.7 Å². The number of imidazole rings is 1. The molecule has 2 heterocycles. The summed E-state index contributed by atoms with van der Waals surface area (Å²) in [4.78, 5) is 11.4. The minimum absolute atomic E-state index is 0.285. The van der Waals surface area contributed by atoms with E-state index in [-0.39, 0.29) is 5.52 Å². The number of halogens is 6. The minimum Gasteiger partial charge on any atom is -0.338 e. The van der Waals surface area contributed by atoms with Crippen LogP contribution in [0, 0.1) is 0 Å². The molecule has 0 radical (unpaired) electrons. The van der Waals surface area contributed by atoms with Gasteiger partial charge in [0.15, 0.2) is 0 Å². The van der Waals surface area contributed by atoms with Crippen LogP contribution < -0.4 is 0 Å². The summed E-state index contributed by atoms with van der Waals surface area (Å²) in [7, 11) is 0. The fourth-order valence-electron chi connectivity index (χ4n) is 2.79. The summed E-state index contributed by atoms with van der Waals surface area (Å²) in [5.41, 5.74) is 1.65. The fourth-order valence-corrected chi connectivity index (χ4v) is 3.54. The molecule has 2 aromatic carbocycles. The number of nitrogens with one attached hydrogen (secondary N) is 1. The first-order chi connectivity index (χ1) is 13.2. The lowest BCUT2D eigenvalue weighted by Crippen LogP contribution is -2.04. The van der Waals surface area contributed by atoms with Crippen LogP contribution in [-0.4, -0.2) is 15.0 Å². The van der Waals surface area contributed by atoms with Gasteiger partial charge in [0, 0.05) is 17.3 Å². The lowest BCUT2D eigenvalue weighted by atomic mass is 10.1. The highest BCUT2D eigenvalue weighted by Crippen LogP contribution is 2.36. The molecular formula is C19H9Cl3F3N3. The van der Waals surface area contributed by atoms with Crippen LogP contribution in [0.5, 0.6) is 0 Å².